The number of hydrogen-bond donors (Lipinski definition) is 1. The third kappa shape index (κ3) is 4.30. The van der Waals surface area contributed by atoms with Crippen molar-refractivity contribution >= 4 is 0 Å². The molecule has 0 aliphatic carbocycles. The molecule has 0 fully saturated rings. The van der Waals surface area contributed by atoms with Crippen molar-refractivity contribution in [2.45, 2.75) is 20.3 Å². The highest BCUT2D eigenvalue weighted by atomic mass is 19.1. The Bertz CT molecular complexity index is 302. The second-order valence-electron chi connectivity index (χ2n) is 3.51. The molecule has 1 N–H and O–H groups in total. The number of aryl methyl sites for hydroxylation is 1. The van der Waals surface area contributed by atoms with Crippen LogP contribution in [-0.2, 0) is 0 Å². The Balaban J connectivity index is 2.28. The lowest BCUT2D eigenvalue weighted by molar-refractivity contribution is 0.312. The second kappa shape index (κ2) is 6.40. The SMILES string of the molecule is CCCNCCOc1ccc(C)c(F)c1. The zero-order valence-corrected chi connectivity index (χ0v) is 9.35. The molecular weight excluding hydrogens is 193 g/mol. The number of halogens is 1. The summed E-state index contributed by atoms with van der Waals surface area (Å²) in [5.74, 6) is 0.380. The zero-order chi connectivity index (χ0) is 11.1. The average molecular weight is 211 g/mol. The van der Waals surface area contributed by atoms with Crippen molar-refractivity contribution in [3.05, 3.63) is 29.6 Å². The maximum atomic E-state index is 13.1. The van der Waals surface area contributed by atoms with Crippen LogP contribution >= 0.6 is 0 Å². The summed E-state index contributed by atoms with van der Waals surface area (Å²) in [5, 5.41) is 3.21. The number of ether oxygens (including phenoxy) is 1. The van der Waals surface area contributed by atoms with E-state index < -0.39 is 0 Å². The molecule has 84 valence electrons. The van der Waals surface area contributed by atoms with E-state index in [-0.39, 0.29) is 5.82 Å². The molecule has 0 aromatic heterocycles. The molecule has 15 heavy (non-hydrogen) atoms. The molecule has 0 bridgehead atoms. The van der Waals surface area contributed by atoms with Crippen LogP contribution in [0.3, 0.4) is 0 Å². The van der Waals surface area contributed by atoms with Gasteiger partial charge in [0, 0.05) is 12.6 Å². The maximum Gasteiger partial charge on any atom is 0.129 e. The summed E-state index contributed by atoms with van der Waals surface area (Å²) in [6.45, 7) is 6.21. The van der Waals surface area contributed by atoms with Crippen LogP contribution in [0.5, 0.6) is 5.75 Å². The van der Waals surface area contributed by atoms with Gasteiger partial charge in [0.2, 0.25) is 0 Å². The lowest BCUT2D eigenvalue weighted by atomic mass is 10.2. The molecule has 0 aliphatic heterocycles. The fourth-order valence-corrected chi connectivity index (χ4v) is 1.21. The van der Waals surface area contributed by atoms with E-state index in [1.54, 1.807) is 19.1 Å². The van der Waals surface area contributed by atoms with E-state index in [0.717, 1.165) is 19.5 Å². The molecule has 0 amide bonds. The van der Waals surface area contributed by atoms with Crippen molar-refractivity contribution in [1.29, 1.82) is 0 Å². The second-order valence-corrected chi connectivity index (χ2v) is 3.51. The summed E-state index contributed by atoms with van der Waals surface area (Å²) in [6.07, 6.45) is 1.11. The topological polar surface area (TPSA) is 21.3 Å². The first-order valence-corrected chi connectivity index (χ1v) is 5.33. The Morgan fingerprint density at radius 2 is 2.13 bits per heavy atom. The molecule has 1 aromatic rings. The lowest BCUT2D eigenvalue weighted by Crippen LogP contribution is -2.21. The summed E-state index contributed by atoms with van der Waals surface area (Å²) in [7, 11) is 0. The van der Waals surface area contributed by atoms with Gasteiger partial charge in [0.15, 0.2) is 0 Å². The van der Waals surface area contributed by atoms with E-state index in [2.05, 4.69) is 12.2 Å². The monoisotopic (exact) mass is 211 g/mol. The van der Waals surface area contributed by atoms with Crippen molar-refractivity contribution in [2.24, 2.45) is 0 Å². The number of hydrogen-bond acceptors (Lipinski definition) is 2. The van der Waals surface area contributed by atoms with Gasteiger partial charge in [-0.25, -0.2) is 4.39 Å². The molecule has 3 heteroatoms. The molecule has 0 spiro atoms. The van der Waals surface area contributed by atoms with Crippen molar-refractivity contribution < 1.29 is 9.13 Å². The van der Waals surface area contributed by atoms with E-state index in [1.807, 2.05) is 0 Å². The van der Waals surface area contributed by atoms with Gasteiger partial charge in [0.25, 0.3) is 0 Å². The van der Waals surface area contributed by atoms with Gasteiger partial charge in [0.1, 0.15) is 18.2 Å². The van der Waals surface area contributed by atoms with Gasteiger partial charge in [-0.3, -0.25) is 0 Å². The minimum Gasteiger partial charge on any atom is -0.492 e. The minimum absolute atomic E-state index is 0.214. The van der Waals surface area contributed by atoms with Crippen LogP contribution < -0.4 is 10.1 Å². The van der Waals surface area contributed by atoms with Crippen molar-refractivity contribution in [1.82, 2.24) is 5.32 Å². The Hall–Kier alpha value is -1.09. The average Bonchev–Trinajstić information content (AvgIpc) is 2.23. The van der Waals surface area contributed by atoms with Crippen LogP contribution in [-0.4, -0.2) is 19.7 Å². The highest BCUT2D eigenvalue weighted by molar-refractivity contribution is 5.27. The number of benzene rings is 1. The Kier molecular flexibility index (Phi) is 5.12. The number of nitrogens with one attached hydrogen (secondary N) is 1. The highest BCUT2D eigenvalue weighted by Crippen LogP contribution is 2.15. The molecule has 0 saturated heterocycles. The van der Waals surface area contributed by atoms with Crippen LogP contribution in [0.4, 0.5) is 4.39 Å². The van der Waals surface area contributed by atoms with Crippen LogP contribution in [0.2, 0.25) is 0 Å². The minimum atomic E-state index is -0.214. The molecule has 0 heterocycles. The van der Waals surface area contributed by atoms with Crippen molar-refractivity contribution in [2.75, 3.05) is 19.7 Å². The van der Waals surface area contributed by atoms with E-state index in [4.69, 9.17) is 4.74 Å². The summed E-state index contributed by atoms with van der Waals surface area (Å²) in [5.41, 5.74) is 0.645. The van der Waals surface area contributed by atoms with Crippen molar-refractivity contribution in [3.8, 4) is 5.75 Å². The normalized spacial score (nSPS) is 10.3. The molecule has 1 rings (SSSR count). The fraction of sp³-hybridized carbons (Fsp3) is 0.500. The largest absolute Gasteiger partial charge is 0.492 e. The Morgan fingerprint density at radius 1 is 1.33 bits per heavy atom. The van der Waals surface area contributed by atoms with Gasteiger partial charge in [-0.05, 0) is 31.5 Å². The Morgan fingerprint density at radius 3 is 2.80 bits per heavy atom. The number of rotatable bonds is 6. The highest BCUT2D eigenvalue weighted by Gasteiger charge is 1.99. The van der Waals surface area contributed by atoms with E-state index in [0.29, 0.717) is 17.9 Å². The third-order valence-electron chi connectivity index (χ3n) is 2.12. The predicted octanol–water partition coefficient (Wildman–Crippen LogP) is 2.51. The molecule has 1 aromatic carbocycles. The van der Waals surface area contributed by atoms with Crippen LogP contribution in [0.15, 0.2) is 18.2 Å². The van der Waals surface area contributed by atoms with E-state index in [9.17, 15) is 4.39 Å². The van der Waals surface area contributed by atoms with Crippen LogP contribution in [0.25, 0.3) is 0 Å². The predicted molar refractivity (Wildman–Crippen MR) is 59.8 cm³/mol. The third-order valence-corrected chi connectivity index (χ3v) is 2.12. The standard InChI is InChI=1S/C12H18FNO/c1-3-6-14-7-8-15-11-5-4-10(2)12(13)9-11/h4-5,9,14H,3,6-8H2,1-2H3. The summed E-state index contributed by atoms with van der Waals surface area (Å²) in [4.78, 5) is 0. The van der Waals surface area contributed by atoms with Crippen LogP contribution in [0.1, 0.15) is 18.9 Å². The Labute approximate surface area is 90.4 Å². The van der Waals surface area contributed by atoms with Gasteiger partial charge in [-0.1, -0.05) is 13.0 Å². The molecular formula is C12H18FNO. The molecule has 0 unspecified atom stereocenters. The van der Waals surface area contributed by atoms with Crippen molar-refractivity contribution in [3.63, 3.8) is 0 Å². The van der Waals surface area contributed by atoms with Crippen LogP contribution in [0, 0.1) is 12.7 Å². The van der Waals surface area contributed by atoms with E-state index in [1.165, 1.54) is 6.07 Å². The summed E-state index contributed by atoms with van der Waals surface area (Å²) < 4.78 is 18.5. The molecule has 0 atom stereocenters. The van der Waals surface area contributed by atoms with E-state index >= 15 is 0 Å². The van der Waals surface area contributed by atoms with Gasteiger partial charge >= 0.3 is 0 Å². The fourth-order valence-electron chi connectivity index (χ4n) is 1.21. The van der Waals surface area contributed by atoms with Gasteiger partial charge in [-0.15, -0.1) is 0 Å². The van der Waals surface area contributed by atoms with Gasteiger partial charge in [-0.2, -0.15) is 0 Å². The first kappa shape index (κ1) is 12.0. The molecule has 0 aliphatic rings. The summed E-state index contributed by atoms with van der Waals surface area (Å²) in [6, 6.07) is 4.94. The first-order valence-electron chi connectivity index (χ1n) is 5.33. The smallest absolute Gasteiger partial charge is 0.129 e. The maximum absolute atomic E-state index is 13.1. The van der Waals surface area contributed by atoms with Gasteiger partial charge in [0.05, 0.1) is 0 Å². The van der Waals surface area contributed by atoms with Gasteiger partial charge < -0.3 is 10.1 Å². The molecule has 0 saturated carbocycles. The quantitative estimate of drug-likeness (QED) is 0.730. The zero-order valence-electron chi connectivity index (χ0n) is 9.35. The lowest BCUT2D eigenvalue weighted by Gasteiger charge is -2.07. The molecule has 2 nitrogen and oxygen atoms in total. The molecule has 0 radical (unpaired) electrons. The summed E-state index contributed by atoms with van der Waals surface area (Å²) >= 11 is 0. The first-order chi connectivity index (χ1) is 7.24.